The van der Waals surface area contributed by atoms with Crippen LogP contribution in [-0.4, -0.2) is 30.2 Å². The summed E-state index contributed by atoms with van der Waals surface area (Å²) in [5, 5.41) is 9.41. The number of thioether (sulfide) groups is 1. The third kappa shape index (κ3) is 12.1. The maximum Gasteiger partial charge on any atom is 0.238 e. The molecule has 0 saturated carbocycles. The van der Waals surface area contributed by atoms with Gasteiger partial charge in [-0.05, 0) is 49.8 Å². The molecule has 1 fully saturated rings. The zero-order chi connectivity index (χ0) is 24.4. The molecule has 2 atom stereocenters. The van der Waals surface area contributed by atoms with Gasteiger partial charge in [0.2, 0.25) is 11.8 Å². The van der Waals surface area contributed by atoms with E-state index in [2.05, 4.69) is 35.0 Å². The number of carbonyl (C=O) groups is 2. The van der Waals surface area contributed by atoms with Crippen molar-refractivity contribution in [3.63, 3.8) is 0 Å². The highest BCUT2D eigenvalue weighted by Crippen LogP contribution is 2.33. The molecule has 34 heavy (non-hydrogen) atoms. The summed E-state index contributed by atoms with van der Waals surface area (Å²) in [5.41, 5.74) is 1.91. The molecule has 1 aromatic carbocycles. The fraction of sp³-hybridized carbons (Fsp3) is 0.643. The lowest BCUT2D eigenvalue weighted by molar-refractivity contribution is -0.122. The number of hydrogen-bond acceptors (Lipinski definition) is 4. The van der Waals surface area contributed by atoms with Gasteiger partial charge >= 0.3 is 0 Å². The molecule has 3 N–H and O–H groups in total. The lowest BCUT2D eigenvalue weighted by Gasteiger charge is -2.14. The molecule has 2 rings (SSSR count). The second-order valence-electron chi connectivity index (χ2n) is 9.26. The van der Waals surface area contributed by atoms with Crippen LogP contribution in [0, 0.1) is 0 Å². The number of hydrogen-bond donors (Lipinski definition) is 3. The van der Waals surface area contributed by atoms with Crippen LogP contribution in [0.15, 0.2) is 36.4 Å². The van der Waals surface area contributed by atoms with Crippen molar-refractivity contribution in [2.75, 3.05) is 17.6 Å². The van der Waals surface area contributed by atoms with E-state index in [1.807, 2.05) is 24.3 Å². The van der Waals surface area contributed by atoms with Gasteiger partial charge in [-0.25, -0.2) is 0 Å². The van der Waals surface area contributed by atoms with Gasteiger partial charge in [-0.1, -0.05) is 76.2 Å². The zero-order valence-electron chi connectivity index (χ0n) is 21.2. The molecule has 5 nitrogen and oxygen atoms in total. The van der Waals surface area contributed by atoms with Crippen molar-refractivity contribution in [1.29, 1.82) is 0 Å². The molecule has 2 amide bonds. The number of carbonyl (C=O) groups excluding carboxylic acids is 2. The molecular weight excluding hydrogens is 442 g/mol. The van der Waals surface area contributed by atoms with Crippen molar-refractivity contribution < 1.29 is 9.59 Å². The minimum atomic E-state index is -0.148. The highest BCUT2D eigenvalue weighted by atomic mass is 32.2. The molecule has 1 aliphatic heterocycles. The van der Waals surface area contributed by atoms with Crippen LogP contribution in [0.3, 0.4) is 0 Å². The molecule has 1 heterocycles. The monoisotopic (exact) mass is 487 g/mol. The smallest absolute Gasteiger partial charge is 0.238 e. The minimum absolute atomic E-state index is 0.0749. The van der Waals surface area contributed by atoms with Crippen LogP contribution < -0.4 is 16.0 Å². The SMILES string of the molecule is CCCCCC/C=C\CCCCCCCCNC(=O)[C@@H]1CSC(c2ccc(NC(C)=O)cc2)N1. The number of nitrogens with one attached hydrogen (secondary N) is 3. The predicted molar refractivity (Wildman–Crippen MR) is 146 cm³/mol. The van der Waals surface area contributed by atoms with E-state index in [9.17, 15) is 9.59 Å². The van der Waals surface area contributed by atoms with E-state index in [-0.39, 0.29) is 23.2 Å². The van der Waals surface area contributed by atoms with E-state index in [1.165, 1.54) is 77.6 Å². The first-order chi connectivity index (χ1) is 16.6. The fourth-order valence-corrected chi connectivity index (χ4v) is 5.36. The minimum Gasteiger partial charge on any atom is -0.355 e. The highest BCUT2D eigenvalue weighted by molar-refractivity contribution is 7.99. The number of amides is 2. The Labute approximate surface area is 211 Å². The summed E-state index contributed by atoms with van der Waals surface area (Å²) in [7, 11) is 0. The lowest BCUT2D eigenvalue weighted by atomic mass is 10.1. The summed E-state index contributed by atoms with van der Waals surface area (Å²) >= 11 is 1.75. The van der Waals surface area contributed by atoms with Gasteiger partial charge in [0.25, 0.3) is 0 Å². The Morgan fingerprint density at radius 3 is 2.21 bits per heavy atom. The van der Waals surface area contributed by atoms with E-state index in [1.54, 1.807) is 11.8 Å². The molecule has 0 radical (unpaired) electrons. The molecule has 0 bridgehead atoms. The Hall–Kier alpha value is -1.79. The molecule has 0 aliphatic carbocycles. The maximum absolute atomic E-state index is 12.5. The summed E-state index contributed by atoms with van der Waals surface area (Å²) in [6.45, 7) is 4.52. The number of rotatable bonds is 17. The van der Waals surface area contributed by atoms with Crippen LogP contribution in [0.2, 0.25) is 0 Å². The molecule has 1 aliphatic rings. The topological polar surface area (TPSA) is 70.2 Å². The second kappa shape index (κ2) is 17.6. The summed E-state index contributed by atoms with van der Waals surface area (Å²) in [6.07, 6.45) is 20.0. The van der Waals surface area contributed by atoms with Gasteiger partial charge in [-0.15, -0.1) is 11.8 Å². The third-order valence-electron chi connectivity index (χ3n) is 6.12. The molecular formula is C28H45N3O2S. The summed E-state index contributed by atoms with van der Waals surface area (Å²) in [5.74, 6) is 0.803. The molecule has 1 aromatic rings. The summed E-state index contributed by atoms with van der Waals surface area (Å²) in [6, 6.07) is 7.66. The van der Waals surface area contributed by atoms with Gasteiger partial charge in [-0.3, -0.25) is 14.9 Å². The lowest BCUT2D eigenvalue weighted by Crippen LogP contribution is -2.42. The largest absolute Gasteiger partial charge is 0.355 e. The molecule has 0 spiro atoms. The quantitative estimate of drug-likeness (QED) is 0.168. The predicted octanol–water partition coefficient (Wildman–Crippen LogP) is 6.72. The van der Waals surface area contributed by atoms with Crippen LogP contribution in [0.4, 0.5) is 5.69 Å². The van der Waals surface area contributed by atoms with Crippen molar-refractivity contribution >= 4 is 29.3 Å². The van der Waals surface area contributed by atoms with Crippen LogP contribution in [-0.2, 0) is 9.59 Å². The van der Waals surface area contributed by atoms with E-state index in [4.69, 9.17) is 0 Å². The number of allylic oxidation sites excluding steroid dienone is 2. The Balaban J connectivity index is 1.46. The zero-order valence-corrected chi connectivity index (χ0v) is 22.1. The molecule has 1 saturated heterocycles. The standard InChI is InChI=1S/C28H45N3O2S/c1-3-4-5-6-7-8-9-10-11-12-13-14-15-16-21-29-27(33)26-22-34-28(31-26)24-17-19-25(20-18-24)30-23(2)32/h8-9,17-20,26,28,31H,3-7,10-16,21-22H2,1-2H3,(H,29,33)(H,30,32)/b9-8-/t26-,28?/m0/s1. The first-order valence-corrected chi connectivity index (χ1v) is 14.3. The Morgan fingerprint density at radius 1 is 0.941 bits per heavy atom. The van der Waals surface area contributed by atoms with Crippen LogP contribution >= 0.6 is 11.8 Å². The second-order valence-corrected chi connectivity index (χ2v) is 10.4. The van der Waals surface area contributed by atoms with E-state index < -0.39 is 0 Å². The van der Waals surface area contributed by atoms with Gasteiger partial charge in [0.15, 0.2) is 0 Å². The summed E-state index contributed by atoms with van der Waals surface area (Å²) < 4.78 is 0. The van der Waals surface area contributed by atoms with Crippen molar-refractivity contribution in [2.45, 2.75) is 102 Å². The first-order valence-electron chi connectivity index (χ1n) is 13.3. The van der Waals surface area contributed by atoms with Crippen molar-refractivity contribution in [2.24, 2.45) is 0 Å². The Morgan fingerprint density at radius 2 is 1.56 bits per heavy atom. The van der Waals surface area contributed by atoms with Crippen molar-refractivity contribution in [3.05, 3.63) is 42.0 Å². The average Bonchev–Trinajstić information content (AvgIpc) is 3.32. The van der Waals surface area contributed by atoms with Crippen LogP contribution in [0.25, 0.3) is 0 Å². The average molecular weight is 488 g/mol. The van der Waals surface area contributed by atoms with Gasteiger partial charge in [0.1, 0.15) is 0 Å². The van der Waals surface area contributed by atoms with Crippen molar-refractivity contribution in [1.82, 2.24) is 10.6 Å². The highest BCUT2D eigenvalue weighted by Gasteiger charge is 2.30. The molecule has 6 heteroatoms. The van der Waals surface area contributed by atoms with Crippen molar-refractivity contribution in [3.8, 4) is 0 Å². The summed E-state index contributed by atoms with van der Waals surface area (Å²) in [4.78, 5) is 23.6. The fourth-order valence-electron chi connectivity index (χ4n) is 4.11. The van der Waals surface area contributed by atoms with Gasteiger partial charge in [-0.2, -0.15) is 0 Å². The number of benzene rings is 1. The molecule has 190 valence electrons. The Kier molecular flexibility index (Phi) is 14.7. The maximum atomic E-state index is 12.5. The van der Waals surface area contributed by atoms with Crippen LogP contribution in [0.1, 0.15) is 102 Å². The van der Waals surface area contributed by atoms with Gasteiger partial charge in [0, 0.05) is 24.9 Å². The Bertz CT molecular complexity index is 736. The molecule has 1 unspecified atom stereocenters. The van der Waals surface area contributed by atoms with E-state index >= 15 is 0 Å². The third-order valence-corrected chi connectivity index (χ3v) is 7.39. The van der Waals surface area contributed by atoms with Crippen LogP contribution in [0.5, 0.6) is 0 Å². The number of unbranched alkanes of at least 4 members (excludes halogenated alkanes) is 10. The molecule has 0 aromatic heterocycles. The van der Waals surface area contributed by atoms with E-state index in [0.29, 0.717) is 0 Å². The normalized spacial score (nSPS) is 17.8. The first kappa shape index (κ1) is 28.4. The van der Waals surface area contributed by atoms with Gasteiger partial charge < -0.3 is 10.6 Å². The number of anilines is 1. The van der Waals surface area contributed by atoms with E-state index in [0.717, 1.165) is 30.0 Å². The van der Waals surface area contributed by atoms with Gasteiger partial charge in [0.05, 0.1) is 11.4 Å².